The van der Waals surface area contributed by atoms with Gasteiger partial charge in [-0.2, -0.15) is 0 Å². The molecule has 3 rings (SSSR count). The molecular formula is C16H15FN2O. The van der Waals surface area contributed by atoms with Crippen molar-refractivity contribution >= 4 is 16.6 Å². The fraction of sp³-hybridized carbons (Fsp3) is 0.125. The number of rotatable bonds is 4. The Morgan fingerprint density at radius 2 is 2.10 bits per heavy atom. The van der Waals surface area contributed by atoms with Crippen molar-refractivity contribution in [3.8, 4) is 5.75 Å². The van der Waals surface area contributed by atoms with Gasteiger partial charge in [-0.1, -0.05) is 18.2 Å². The Morgan fingerprint density at radius 3 is 2.95 bits per heavy atom. The summed E-state index contributed by atoms with van der Waals surface area (Å²) < 4.78 is 18.3. The minimum absolute atomic E-state index is 0.244. The Labute approximate surface area is 116 Å². The maximum absolute atomic E-state index is 13.3. The molecule has 102 valence electrons. The number of anilines is 1. The van der Waals surface area contributed by atoms with E-state index in [0.717, 1.165) is 16.8 Å². The second-order valence-corrected chi connectivity index (χ2v) is 4.56. The molecular weight excluding hydrogens is 255 g/mol. The van der Waals surface area contributed by atoms with Crippen LogP contribution in [0.2, 0.25) is 0 Å². The first-order valence-electron chi connectivity index (χ1n) is 6.40. The van der Waals surface area contributed by atoms with Gasteiger partial charge >= 0.3 is 0 Å². The lowest BCUT2D eigenvalue weighted by Gasteiger charge is -2.09. The third kappa shape index (κ3) is 2.32. The highest BCUT2D eigenvalue weighted by atomic mass is 19.1. The quantitative estimate of drug-likeness (QED) is 0.753. The van der Waals surface area contributed by atoms with Crippen LogP contribution in [0.15, 0.2) is 48.7 Å². The predicted molar refractivity (Wildman–Crippen MR) is 78.6 cm³/mol. The van der Waals surface area contributed by atoms with Gasteiger partial charge in [-0.25, -0.2) is 4.39 Å². The predicted octanol–water partition coefficient (Wildman–Crippen LogP) is 3.93. The highest BCUT2D eigenvalue weighted by Crippen LogP contribution is 2.23. The summed E-state index contributed by atoms with van der Waals surface area (Å²) in [6.07, 6.45) is 1.93. The zero-order valence-corrected chi connectivity index (χ0v) is 11.1. The van der Waals surface area contributed by atoms with E-state index >= 15 is 0 Å². The van der Waals surface area contributed by atoms with Crippen molar-refractivity contribution in [2.75, 3.05) is 12.4 Å². The first-order chi connectivity index (χ1) is 9.78. The van der Waals surface area contributed by atoms with Crippen LogP contribution in [0.25, 0.3) is 10.9 Å². The van der Waals surface area contributed by atoms with Crippen LogP contribution in [0, 0.1) is 5.82 Å². The zero-order chi connectivity index (χ0) is 13.9. The molecule has 4 heteroatoms. The first-order valence-corrected chi connectivity index (χ1v) is 6.40. The van der Waals surface area contributed by atoms with Crippen molar-refractivity contribution in [2.45, 2.75) is 6.54 Å². The highest BCUT2D eigenvalue weighted by Gasteiger charge is 2.05. The molecule has 0 bridgehead atoms. The number of methoxy groups -OCH3 is 1. The molecule has 1 heterocycles. The Hall–Kier alpha value is -2.49. The minimum atomic E-state index is -0.357. The van der Waals surface area contributed by atoms with E-state index in [1.165, 1.54) is 18.6 Å². The van der Waals surface area contributed by atoms with Crippen molar-refractivity contribution in [3.05, 3.63) is 60.0 Å². The number of aromatic nitrogens is 1. The summed E-state index contributed by atoms with van der Waals surface area (Å²) in [7, 11) is 1.46. The summed E-state index contributed by atoms with van der Waals surface area (Å²) in [5, 5.41) is 4.46. The normalized spacial score (nSPS) is 10.7. The number of H-pyrrole nitrogens is 1. The third-order valence-corrected chi connectivity index (χ3v) is 3.31. The SMILES string of the molecule is COc1cc(NCc2cccc3cc[nH]c23)ccc1F. The van der Waals surface area contributed by atoms with Crippen molar-refractivity contribution in [2.24, 2.45) is 0 Å². The summed E-state index contributed by atoms with van der Waals surface area (Å²) in [4.78, 5) is 3.23. The molecule has 0 radical (unpaired) electrons. The van der Waals surface area contributed by atoms with Gasteiger partial charge in [0, 0.05) is 24.5 Å². The molecule has 2 aromatic carbocycles. The average Bonchev–Trinajstić information content (AvgIpc) is 2.95. The van der Waals surface area contributed by atoms with Gasteiger partial charge in [0.1, 0.15) is 0 Å². The van der Waals surface area contributed by atoms with E-state index in [4.69, 9.17) is 4.74 Å². The van der Waals surface area contributed by atoms with Gasteiger partial charge < -0.3 is 15.0 Å². The van der Waals surface area contributed by atoms with Crippen molar-refractivity contribution in [1.29, 1.82) is 0 Å². The lowest BCUT2D eigenvalue weighted by atomic mass is 10.1. The van der Waals surface area contributed by atoms with Crippen LogP contribution in [-0.2, 0) is 6.54 Å². The number of nitrogens with one attached hydrogen (secondary N) is 2. The number of fused-ring (bicyclic) bond motifs is 1. The van der Waals surface area contributed by atoms with Crippen molar-refractivity contribution in [3.63, 3.8) is 0 Å². The molecule has 0 atom stereocenters. The number of hydrogen-bond acceptors (Lipinski definition) is 2. The molecule has 0 aliphatic heterocycles. The first kappa shape index (κ1) is 12.5. The lowest BCUT2D eigenvalue weighted by molar-refractivity contribution is 0.387. The van der Waals surface area contributed by atoms with Crippen LogP contribution >= 0.6 is 0 Å². The standard InChI is InChI=1S/C16H15FN2O/c1-20-15-9-13(5-6-14(15)17)19-10-12-4-2-3-11-7-8-18-16(11)12/h2-9,18-19H,10H2,1H3. The van der Waals surface area contributed by atoms with Gasteiger partial charge in [0.15, 0.2) is 11.6 Å². The minimum Gasteiger partial charge on any atom is -0.494 e. The summed E-state index contributed by atoms with van der Waals surface area (Å²) in [5.41, 5.74) is 3.11. The van der Waals surface area contributed by atoms with Crippen molar-refractivity contribution in [1.82, 2.24) is 4.98 Å². The second kappa shape index (κ2) is 5.25. The van der Waals surface area contributed by atoms with Gasteiger partial charge in [0.2, 0.25) is 0 Å². The van der Waals surface area contributed by atoms with Crippen LogP contribution in [0.5, 0.6) is 5.75 Å². The van der Waals surface area contributed by atoms with Crippen molar-refractivity contribution < 1.29 is 9.13 Å². The zero-order valence-electron chi connectivity index (χ0n) is 11.1. The van der Waals surface area contributed by atoms with E-state index in [-0.39, 0.29) is 11.6 Å². The summed E-state index contributed by atoms with van der Waals surface area (Å²) >= 11 is 0. The van der Waals surface area contributed by atoms with E-state index in [2.05, 4.69) is 22.4 Å². The molecule has 3 nitrogen and oxygen atoms in total. The summed E-state index contributed by atoms with van der Waals surface area (Å²) in [5.74, 6) is -0.113. The molecule has 2 N–H and O–H groups in total. The fourth-order valence-electron chi connectivity index (χ4n) is 2.26. The van der Waals surface area contributed by atoms with E-state index in [9.17, 15) is 4.39 Å². The molecule has 20 heavy (non-hydrogen) atoms. The largest absolute Gasteiger partial charge is 0.494 e. The van der Waals surface area contributed by atoms with Crippen LogP contribution in [0.4, 0.5) is 10.1 Å². The molecule has 0 spiro atoms. The maximum atomic E-state index is 13.3. The van der Waals surface area contributed by atoms with Gasteiger partial charge in [-0.15, -0.1) is 0 Å². The Bertz CT molecular complexity index is 736. The average molecular weight is 270 g/mol. The lowest BCUT2D eigenvalue weighted by Crippen LogP contribution is -2.01. The van der Waals surface area contributed by atoms with Gasteiger partial charge in [-0.3, -0.25) is 0 Å². The molecule has 0 amide bonds. The smallest absolute Gasteiger partial charge is 0.165 e. The molecule has 0 aliphatic rings. The monoisotopic (exact) mass is 270 g/mol. The molecule has 0 saturated carbocycles. The van der Waals surface area contributed by atoms with Gasteiger partial charge in [-0.05, 0) is 29.1 Å². The van der Waals surface area contributed by atoms with E-state index in [0.29, 0.717) is 6.54 Å². The fourth-order valence-corrected chi connectivity index (χ4v) is 2.26. The van der Waals surface area contributed by atoms with Crippen LogP contribution in [0.1, 0.15) is 5.56 Å². The summed E-state index contributed by atoms with van der Waals surface area (Å²) in [6.45, 7) is 0.659. The number of ether oxygens (including phenoxy) is 1. The van der Waals surface area contributed by atoms with Crippen LogP contribution in [-0.4, -0.2) is 12.1 Å². The topological polar surface area (TPSA) is 37.0 Å². The van der Waals surface area contributed by atoms with E-state index < -0.39 is 0 Å². The van der Waals surface area contributed by atoms with E-state index in [1.54, 1.807) is 12.1 Å². The number of halogens is 1. The highest BCUT2D eigenvalue weighted by molar-refractivity contribution is 5.82. The maximum Gasteiger partial charge on any atom is 0.165 e. The molecule has 1 aromatic heterocycles. The van der Waals surface area contributed by atoms with Crippen LogP contribution in [0.3, 0.4) is 0 Å². The number of hydrogen-bond donors (Lipinski definition) is 2. The second-order valence-electron chi connectivity index (χ2n) is 4.56. The Morgan fingerprint density at radius 1 is 1.20 bits per heavy atom. The molecule has 0 aliphatic carbocycles. The number of para-hydroxylation sites is 1. The van der Waals surface area contributed by atoms with Crippen LogP contribution < -0.4 is 10.1 Å². The molecule has 0 saturated heterocycles. The van der Waals surface area contributed by atoms with Gasteiger partial charge in [0.05, 0.1) is 12.6 Å². The number of benzene rings is 2. The third-order valence-electron chi connectivity index (χ3n) is 3.31. The Kier molecular flexibility index (Phi) is 3.29. The number of aromatic amines is 1. The molecule has 0 unspecified atom stereocenters. The summed E-state index contributed by atoms with van der Waals surface area (Å²) in [6, 6.07) is 13.0. The molecule has 3 aromatic rings. The molecule has 0 fully saturated rings. The van der Waals surface area contributed by atoms with E-state index in [1.807, 2.05) is 18.3 Å². The van der Waals surface area contributed by atoms with Gasteiger partial charge in [0.25, 0.3) is 0 Å². The Balaban J connectivity index is 1.81.